The zero-order valence-electron chi connectivity index (χ0n) is 12.8. The number of hydrogen-bond acceptors (Lipinski definition) is 6. The van der Waals surface area contributed by atoms with E-state index in [1.54, 1.807) is 12.1 Å². The molecule has 24 heavy (non-hydrogen) atoms. The van der Waals surface area contributed by atoms with E-state index in [0.717, 1.165) is 0 Å². The molecule has 7 heteroatoms. The molecule has 0 saturated carbocycles. The normalized spacial score (nSPS) is 15.8. The molecule has 3 N–H and O–H groups in total. The Labute approximate surface area is 136 Å². The highest BCUT2D eigenvalue weighted by Crippen LogP contribution is 2.34. The number of aliphatic hydroxyl groups excluding tert-OH is 2. The molecule has 0 bridgehead atoms. The average Bonchev–Trinajstić information content (AvgIpc) is 2.56. The lowest BCUT2D eigenvalue weighted by Crippen LogP contribution is -2.34. The van der Waals surface area contributed by atoms with Gasteiger partial charge in [0.05, 0.1) is 11.1 Å². The lowest BCUT2D eigenvalue weighted by Gasteiger charge is -2.22. The van der Waals surface area contributed by atoms with Crippen molar-refractivity contribution in [3.05, 3.63) is 47.0 Å². The van der Waals surface area contributed by atoms with Crippen LogP contribution in [0.4, 0.5) is 0 Å². The summed E-state index contributed by atoms with van der Waals surface area (Å²) in [6.07, 6.45) is -2.54. The molecule has 1 aliphatic heterocycles. The number of aliphatic hydroxyl groups is 2. The van der Waals surface area contributed by atoms with E-state index in [-0.39, 0.29) is 23.6 Å². The van der Waals surface area contributed by atoms with E-state index in [2.05, 4.69) is 10.1 Å². The molecule has 7 nitrogen and oxygen atoms in total. The predicted octanol–water partition coefficient (Wildman–Crippen LogP) is 0.681. The number of ether oxygens (including phenoxy) is 1. The monoisotopic (exact) mass is 329 g/mol. The Kier molecular flexibility index (Phi) is 4.04. The molecule has 2 aromatic rings. The molecule has 2 atom stereocenters. The highest BCUT2D eigenvalue weighted by atomic mass is 16.6. The Balaban J connectivity index is 2.08. The first-order valence-corrected chi connectivity index (χ1v) is 7.33. The van der Waals surface area contributed by atoms with Gasteiger partial charge in [-0.15, -0.1) is 0 Å². The molecule has 0 aliphatic carbocycles. The van der Waals surface area contributed by atoms with Crippen molar-refractivity contribution in [1.82, 2.24) is 5.32 Å². The van der Waals surface area contributed by atoms with E-state index in [4.69, 9.17) is 0 Å². The molecule has 1 aliphatic rings. The maximum Gasteiger partial charge on any atom is 0.346 e. The molecule has 2 unspecified atom stereocenters. The number of benzene rings is 2. The summed E-state index contributed by atoms with van der Waals surface area (Å²) in [5.74, 6) is -1.82. The summed E-state index contributed by atoms with van der Waals surface area (Å²) < 4.78 is 4.68. The minimum absolute atomic E-state index is 0.125. The van der Waals surface area contributed by atoms with Crippen LogP contribution >= 0.6 is 0 Å². The maximum absolute atomic E-state index is 11.9. The van der Waals surface area contributed by atoms with Gasteiger partial charge in [-0.1, -0.05) is 18.2 Å². The minimum Gasteiger partial charge on any atom is -0.388 e. The van der Waals surface area contributed by atoms with Crippen molar-refractivity contribution in [3.8, 4) is 0 Å². The number of hydrogen-bond donors (Lipinski definition) is 3. The predicted molar refractivity (Wildman–Crippen MR) is 83.3 cm³/mol. The number of esters is 2. The van der Waals surface area contributed by atoms with E-state index < -0.39 is 24.1 Å². The first-order chi connectivity index (χ1) is 11.4. The van der Waals surface area contributed by atoms with Crippen LogP contribution in [0.2, 0.25) is 0 Å². The Morgan fingerprint density at radius 3 is 2.46 bits per heavy atom. The molecule has 0 saturated heterocycles. The van der Waals surface area contributed by atoms with Gasteiger partial charge in [-0.2, -0.15) is 0 Å². The highest BCUT2D eigenvalue weighted by Gasteiger charge is 2.30. The third-order valence-corrected chi connectivity index (χ3v) is 3.94. The van der Waals surface area contributed by atoms with Gasteiger partial charge >= 0.3 is 11.9 Å². The van der Waals surface area contributed by atoms with Gasteiger partial charge in [0.2, 0.25) is 5.91 Å². The number of nitrogens with one attached hydrogen (secondary N) is 1. The van der Waals surface area contributed by atoms with E-state index in [9.17, 15) is 24.6 Å². The lowest BCUT2D eigenvalue weighted by molar-refractivity contribution is -0.119. The number of carbonyl (C=O) groups is 3. The van der Waals surface area contributed by atoms with Gasteiger partial charge in [-0.05, 0) is 23.1 Å². The summed E-state index contributed by atoms with van der Waals surface area (Å²) in [6.45, 7) is 1.18. The Hall–Kier alpha value is -2.77. The van der Waals surface area contributed by atoms with Gasteiger partial charge in [0, 0.05) is 18.9 Å². The third kappa shape index (κ3) is 2.64. The molecular weight excluding hydrogens is 314 g/mol. The summed E-state index contributed by atoms with van der Waals surface area (Å²) >= 11 is 0. The van der Waals surface area contributed by atoms with Gasteiger partial charge in [0.1, 0.15) is 12.2 Å². The topological polar surface area (TPSA) is 113 Å². The van der Waals surface area contributed by atoms with Crippen LogP contribution in [-0.4, -0.2) is 40.7 Å². The number of cyclic esters (lactones) is 2. The molecule has 124 valence electrons. The van der Waals surface area contributed by atoms with Gasteiger partial charge in [0.25, 0.3) is 0 Å². The summed E-state index contributed by atoms with van der Waals surface area (Å²) in [7, 11) is 0. The van der Waals surface area contributed by atoms with Crippen molar-refractivity contribution >= 4 is 28.6 Å². The minimum atomic E-state index is -1.30. The van der Waals surface area contributed by atoms with Crippen LogP contribution in [0.5, 0.6) is 0 Å². The van der Waals surface area contributed by atoms with Gasteiger partial charge < -0.3 is 20.3 Å². The third-order valence-electron chi connectivity index (χ3n) is 3.94. The second-order valence-electron chi connectivity index (χ2n) is 5.56. The first-order valence-electron chi connectivity index (χ1n) is 7.33. The number of amides is 1. The van der Waals surface area contributed by atoms with E-state index in [1.165, 1.54) is 25.1 Å². The molecule has 0 fully saturated rings. The van der Waals surface area contributed by atoms with E-state index in [1.807, 2.05) is 0 Å². The van der Waals surface area contributed by atoms with Crippen molar-refractivity contribution in [2.45, 2.75) is 19.1 Å². The molecule has 3 rings (SSSR count). The van der Waals surface area contributed by atoms with Crippen LogP contribution in [0.25, 0.3) is 10.8 Å². The summed E-state index contributed by atoms with van der Waals surface area (Å²) in [5.41, 5.74) is 0.816. The highest BCUT2D eigenvalue weighted by molar-refractivity contribution is 6.21. The van der Waals surface area contributed by atoms with Crippen LogP contribution in [0.15, 0.2) is 30.3 Å². The van der Waals surface area contributed by atoms with Crippen LogP contribution in [0.3, 0.4) is 0 Å². The van der Waals surface area contributed by atoms with Crippen LogP contribution in [0.1, 0.15) is 39.3 Å². The van der Waals surface area contributed by atoms with Crippen molar-refractivity contribution in [2.24, 2.45) is 0 Å². The summed E-state index contributed by atoms with van der Waals surface area (Å²) in [4.78, 5) is 34.7. The van der Waals surface area contributed by atoms with Crippen LogP contribution < -0.4 is 5.32 Å². The molecule has 0 aromatic heterocycles. The Morgan fingerprint density at radius 1 is 1.12 bits per heavy atom. The Bertz CT molecular complexity index is 839. The molecular formula is C17H15NO6. The van der Waals surface area contributed by atoms with Gasteiger partial charge in [0.15, 0.2) is 0 Å². The average molecular weight is 329 g/mol. The second-order valence-corrected chi connectivity index (χ2v) is 5.56. The van der Waals surface area contributed by atoms with Crippen molar-refractivity contribution in [1.29, 1.82) is 0 Å². The zero-order chi connectivity index (χ0) is 17.4. The standard InChI is InChI=1S/C17H15NO6/c1-8(19)18-7-13(20)15(21)10-5-6-12-14-9(10)3-2-4-11(14)16(22)24-17(12)23/h2-6,13,15,20-21H,7H2,1H3,(H,18,19). The van der Waals surface area contributed by atoms with Crippen molar-refractivity contribution in [3.63, 3.8) is 0 Å². The maximum atomic E-state index is 11.9. The second kappa shape index (κ2) is 6.03. The van der Waals surface area contributed by atoms with Gasteiger partial charge in [-0.3, -0.25) is 4.79 Å². The smallest absolute Gasteiger partial charge is 0.346 e. The molecule has 0 radical (unpaired) electrons. The van der Waals surface area contributed by atoms with Crippen molar-refractivity contribution < 1.29 is 29.3 Å². The summed E-state index contributed by atoms with van der Waals surface area (Å²) in [5, 5.41) is 23.8. The zero-order valence-corrected chi connectivity index (χ0v) is 12.8. The Morgan fingerprint density at radius 2 is 1.79 bits per heavy atom. The lowest BCUT2D eigenvalue weighted by atomic mass is 9.90. The number of carbonyl (C=O) groups excluding carboxylic acids is 3. The molecule has 0 spiro atoms. The fourth-order valence-electron chi connectivity index (χ4n) is 2.79. The largest absolute Gasteiger partial charge is 0.388 e. The van der Waals surface area contributed by atoms with Crippen LogP contribution in [0, 0.1) is 0 Å². The summed E-state index contributed by atoms with van der Waals surface area (Å²) in [6, 6.07) is 7.74. The molecule has 1 heterocycles. The quantitative estimate of drug-likeness (QED) is 0.562. The van der Waals surface area contributed by atoms with E-state index >= 15 is 0 Å². The fourth-order valence-corrected chi connectivity index (χ4v) is 2.79. The molecule has 1 amide bonds. The van der Waals surface area contributed by atoms with E-state index in [0.29, 0.717) is 16.3 Å². The number of rotatable bonds is 4. The van der Waals surface area contributed by atoms with Gasteiger partial charge in [-0.25, -0.2) is 9.59 Å². The van der Waals surface area contributed by atoms with Crippen LogP contribution in [-0.2, 0) is 9.53 Å². The fraction of sp³-hybridized carbons (Fsp3) is 0.235. The SMILES string of the molecule is CC(=O)NCC(O)C(O)c1ccc2c3c(cccc13)C(=O)OC2=O. The molecule has 2 aromatic carbocycles. The first kappa shape index (κ1) is 16.1. The van der Waals surface area contributed by atoms with Crippen molar-refractivity contribution in [2.75, 3.05) is 6.54 Å².